The molecule has 3 aliphatic carbocycles. The number of hydrogen-bond acceptors (Lipinski definition) is 2. The number of fused-ring (bicyclic) bond motifs is 1. The zero-order valence-electron chi connectivity index (χ0n) is 16.9. The van der Waals surface area contributed by atoms with E-state index in [1.807, 2.05) is 18.7 Å². The molecule has 0 atom stereocenters. The molecule has 29 heavy (non-hydrogen) atoms. The van der Waals surface area contributed by atoms with Crippen molar-refractivity contribution in [2.45, 2.75) is 52.5 Å². The fourth-order valence-electron chi connectivity index (χ4n) is 5.61. The van der Waals surface area contributed by atoms with Gasteiger partial charge in [-0.3, -0.25) is 4.79 Å². The van der Waals surface area contributed by atoms with E-state index in [-0.39, 0.29) is 11.3 Å². The average molecular weight is 396 g/mol. The molecule has 5 heteroatoms. The molecule has 2 bridgehead atoms. The first-order chi connectivity index (χ1) is 13.8. The summed E-state index contributed by atoms with van der Waals surface area (Å²) < 4.78 is 27.6. The van der Waals surface area contributed by atoms with Gasteiger partial charge in [0.25, 0.3) is 0 Å². The molecule has 2 aromatic carbocycles. The van der Waals surface area contributed by atoms with E-state index in [4.69, 9.17) is 0 Å². The molecule has 0 saturated heterocycles. The van der Waals surface area contributed by atoms with Crippen LogP contribution in [-0.2, 0) is 17.8 Å². The van der Waals surface area contributed by atoms with Crippen molar-refractivity contribution in [3.63, 3.8) is 0 Å². The van der Waals surface area contributed by atoms with Crippen molar-refractivity contribution < 1.29 is 13.6 Å². The van der Waals surface area contributed by atoms with E-state index in [1.54, 1.807) is 0 Å². The molecular formula is C24H26F2N2O. The van der Waals surface area contributed by atoms with E-state index in [1.165, 1.54) is 37.0 Å². The highest BCUT2D eigenvalue weighted by molar-refractivity contribution is 5.93. The lowest BCUT2D eigenvalue weighted by Gasteiger charge is -2.61. The van der Waals surface area contributed by atoms with Crippen LogP contribution >= 0.6 is 0 Å². The molecule has 0 unspecified atom stereocenters. The number of hydrogen-bond donors (Lipinski definition) is 1. The Hall–Kier alpha value is -2.43. The highest BCUT2D eigenvalue weighted by atomic mass is 19.1. The Morgan fingerprint density at radius 2 is 1.97 bits per heavy atom. The average Bonchev–Trinajstić information content (AvgIpc) is 2.61. The Labute approximate surface area is 170 Å². The molecule has 0 radical (unpaired) electrons. The fourth-order valence-corrected chi connectivity index (χ4v) is 5.61. The van der Waals surface area contributed by atoms with Gasteiger partial charge in [-0.05, 0) is 85.3 Å². The minimum absolute atomic E-state index is 0.103. The SMILES string of the molecule is Cc1cc2c(c(C)c1NC(=O)CC13CC(C1)C3)CN(c1ccc(F)cc1F)CC2. The first-order valence-corrected chi connectivity index (χ1v) is 10.5. The van der Waals surface area contributed by atoms with Crippen LogP contribution in [0, 0.1) is 36.8 Å². The monoisotopic (exact) mass is 396 g/mol. The molecule has 1 amide bonds. The summed E-state index contributed by atoms with van der Waals surface area (Å²) >= 11 is 0. The second-order valence-corrected chi connectivity index (χ2v) is 9.30. The van der Waals surface area contributed by atoms with Crippen LogP contribution in [-0.4, -0.2) is 12.5 Å². The second kappa shape index (κ2) is 6.54. The molecule has 152 valence electrons. The van der Waals surface area contributed by atoms with Crippen molar-refractivity contribution in [2.75, 3.05) is 16.8 Å². The Morgan fingerprint density at radius 3 is 2.62 bits per heavy atom. The summed E-state index contributed by atoms with van der Waals surface area (Å²) in [6.07, 6.45) is 5.04. The number of aryl methyl sites for hydroxylation is 1. The molecule has 1 aliphatic heterocycles. The summed E-state index contributed by atoms with van der Waals surface area (Å²) in [5, 5.41) is 3.17. The third-order valence-corrected chi connectivity index (χ3v) is 7.22. The van der Waals surface area contributed by atoms with Gasteiger partial charge in [0.1, 0.15) is 11.6 Å². The number of nitrogens with zero attached hydrogens (tertiary/aromatic N) is 1. The van der Waals surface area contributed by atoms with Gasteiger partial charge >= 0.3 is 0 Å². The Morgan fingerprint density at radius 1 is 1.21 bits per heavy atom. The molecule has 0 aromatic heterocycles. The molecule has 6 rings (SSSR count). The Bertz CT molecular complexity index is 999. The van der Waals surface area contributed by atoms with E-state index < -0.39 is 11.6 Å². The van der Waals surface area contributed by atoms with Gasteiger partial charge in [-0.2, -0.15) is 0 Å². The first-order valence-electron chi connectivity index (χ1n) is 10.5. The number of benzene rings is 2. The molecule has 1 heterocycles. The van der Waals surface area contributed by atoms with Gasteiger partial charge in [-0.25, -0.2) is 8.78 Å². The predicted octanol–water partition coefficient (Wildman–Crippen LogP) is 5.27. The standard InChI is InChI=1S/C24H26F2N2O/c1-14-7-17-5-6-28(21-4-3-18(25)8-20(21)26)13-19(17)15(2)23(14)27-22(29)12-24-9-16(10-24)11-24/h3-4,7-8,16H,5-6,9-13H2,1-2H3,(H,27,29). The van der Waals surface area contributed by atoms with Crippen LogP contribution in [0.3, 0.4) is 0 Å². The Kier molecular flexibility index (Phi) is 4.19. The zero-order valence-corrected chi connectivity index (χ0v) is 16.9. The van der Waals surface area contributed by atoms with Crippen LogP contribution < -0.4 is 10.2 Å². The lowest BCUT2D eigenvalue weighted by molar-refractivity contribution is -0.139. The molecule has 2 aromatic rings. The van der Waals surface area contributed by atoms with Gasteiger partial charge in [-0.15, -0.1) is 0 Å². The summed E-state index contributed by atoms with van der Waals surface area (Å²) in [4.78, 5) is 14.6. The van der Waals surface area contributed by atoms with Crippen LogP contribution in [0.4, 0.5) is 20.2 Å². The maximum absolute atomic E-state index is 14.3. The van der Waals surface area contributed by atoms with Crippen molar-refractivity contribution in [1.29, 1.82) is 0 Å². The normalized spacial score (nSPS) is 24.4. The van der Waals surface area contributed by atoms with Crippen LogP contribution in [0.25, 0.3) is 0 Å². The third-order valence-electron chi connectivity index (χ3n) is 7.22. The summed E-state index contributed by atoms with van der Waals surface area (Å²) in [6, 6.07) is 5.89. The second-order valence-electron chi connectivity index (χ2n) is 9.30. The number of carbonyl (C=O) groups is 1. The maximum atomic E-state index is 14.3. The van der Waals surface area contributed by atoms with Gasteiger partial charge in [0.15, 0.2) is 0 Å². The highest BCUT2D eigenvalue weighted by Gasteiger charge is 2.56. The van der Waals surface area contributed by atoms with Crippen molar-refractivity contribution in [2.24, 2.45) is 11.3 Å². The number of halogens is 2. The lowest BCUT2D eigenvalue weighted by Crippen LogP contribution is -2.53. The molecule has 3 fully saturated rings. The quantitative estimate of drug-likeness (QED) is 0.763. The van der Waals surface area contributed by atoms with Crippen LogP contribution in [0.5, 0.6) is 0 Å². The molecule has 3 saturated carbocycles. The summed E-state index contributed by atoms with van der Waals surface area (Å²) in [5.41, 5.74) is 6.10. The smallest absolute Gasteiger partial charge is 0.224 e. The Balaban J connectivity index is 1.39. The van der Waals surface area contributed by atoms with E-state index in [0.717, 1.165) is 40.8 Å². The van der Waals surface area contributed by atoms with Crippen molar-refractivity contribution in [3.05, 3.63) is 58.2 Å². The summed E-state index contributed by atoms with van der Waals surface area (Å²) in [5.74, 6) is -0.131. The van der Waals surface area contributed by atoms with Gasteiger partial charge in [0.05, 0.1) is 5.69 Å². The minimum Gasteiger partial charge on any atom is -0.364 e. The molecule has 1 N–H and O–H groups in total. The third kappa shape index (κ3) is 3.11. The van der Waals surface area contributed by atoms with Crippen LogP contribution in [0.2, 0.25) is 0 Å². The number of amides is 1. The van der Waals surface area contributed by atoms with E-state index in [0.29, 0.717) is 25.2 Å². The number of anilines is 2. The van der Waals surface area contributed by atoms with E-state index in [9.17, 15) is 13.6 Å². The van der Waals surface area contributed by atoms with Crippen molar-refractivity contribution >= 4 is 17.3 Å². The molecular weight excluding hydrogens is 370 g/mol. The topological polar surface area (TPSA) is 32.3 Å². The lowest BCUT2D eigenvalue weighted by atomic mass is 9.43. The first kappa shape index (κ1) is 18.6. The van der Waals surface area contributed by atoms with Crippen molar-refractivity contribution in [3.8, 4) is 0 Å². The van der Waals surface area contributed by atoms with E-state index in [2.05, 4.69) is 11.4 Å². The van der Waals surface area contributed by atoms with E-state index >= 15 is 0 Å². The molecule has 4 aliphatic rings. The number of nitrogens with one attached hydrogen (secondary N) is 1. The highest BCUT2D eigenvalue weighted by Crippen LogP contribution is 2.66. The van der Waals surface area contributed by atoms with Gasteiger partial charge in [0, 0.05) is 31.3 Å². The molecule has 0 spiro atoms. The predicted molar refractivity (Wildman–Crippen MR) is 110 cm³/mol. The van der Waals surface area contributed by atoms with Gasteiger partial charge in [-0.1, -0.05) is 6.07 Å². The van der Waals surface area contributed by atoms with Crippen LogP contribution in [0.1, 0.15) is 47.9 Å². The van der Waals surface area contributed by atoms with Gasteiger partial charge in [0.2, 0.25) is 5.91 Å². The van der Waals surface area contributed by atoms with Crippen LogP contribution in [0.15, 0.2) is 24.3 Å². The largest absolute Gasteiger partial charge is 0.364 e. The molecule has 3 nitrogen and oxygen atoms in total. The van der Waals surface area contributed by atoms with Gasteiger partial charge < -0.3 is 10.2 Å². The number of rotatable bonds is 4. The number of carbonyl (C=O) groups excluding carboxylic acids is 1. The fraction of sp³-hybridized carbons (Fsp3) is 0.458. The summed E-state index contributed by atoms with van der Waals surface area (Å²) in [7, 11) is 0. The minimum atomic E-state index is -0.566. The zero-order chi connectivity index (χ0) is 20.3. The summed E-state index contributed by atoms with van der Waals surface area (Å²) in [6.45, 7) is 5.31. The maximum Gasteiger partial charge on any atom is 0.224 e. The van der Waals surface area contributed by atoms with Crippen molar-refractivity contribution in [1.82, 2.24) is 0 Å².